The number of carbonyl (C=O) groups is 1. The lowest BCUT2D eigenvalue weighted by Crippen LogP contribution is -2.04. The summed E-state index contributed by atoms with van der Waals surface area (Å²) in [5, 5.41) is 9.61. The van der Waals surface area contributed by atoms with Gasteiger partial charge in [-0.15, -0.1) is 23.1 Å². The smallest absolute Gasteiger partial charge is 0.345 e. The van der Waals surface area contributed by atoms with E-state index in [2.05, 4.69) is 19.1 Å². The summed E-state index contributed by atoms with van der Waals surface area (Å²) in [6.07, 6.45) is 9.45. The van der Waals surface area contributed by atoms with Crippen molar-refractivity contribution in [3.8, 4) is 0 Å². The van der Waals surface area contributed by atoms with E-state index in [0.29, 0.717) is 10.1 Å². The van der Waals surface area contributed by atoms with Gasteiger partial charge in [0.05, 0.1) is 0 Å². The van der Waals surface area contributed by atoms with Crippen molar-refractivity contribution in [2.45, 2.75) is 68.4 Å². The minimum absolute atomic E-state index is 0.438. The molecular formula is C21H29NO2S2. The van der Waals surface area contributed by atoms with Gasteiger partial charge in [-0.3, -0.25) is 0 Å². The van der Waals surface area contributed by atoms with Gasteiger partial charge in [-0.05, 0) is 49.9 Å². The summed E-state index contributed by atoms with van der Waals surface area (Å²) in [6.45, 7) is 2.24. The Kier molecular flexibility index (Phi) is 9.06. The Bertz CT molecular complexity index is 684. The zero-order valence-electron chi connectivity index (χ0n) is 15.4. The van der Waals surface area contributed by atoms with Gasteiger partial charge in [0.25, 0.3) is 0 Å². The molecule has 1 heterocycles. The summed E-state index contributed by atoms with van der Waals surface area (Å²) in [4.78, 5) is 13.8. The van der Waals surface area contributed by atoms with Gasteiger partial charge in [-0.25, -0.2) is 4.79 Å². The molecule has 0 saturated carbocycles. The zero-order valence-corrected chi connectivity index (χ0v) is 17.1. The van der Waals surface area contributed by atoms with Gasteiger partial charge in [-0.1, -0.05) is 44.7 Å². The minimum atomic E-state index is -0.825. The second-order valence-electron chi connectivity index (χ2n) is 6.59. The van der Waals surface area contributed by atoms with Crippen molar-refractivity contribution in [2.24, 2.45) is 0 Å². The average molecular weight is 392 g/mol. The third kappa shape index (κ3) is 7.04. The number of aryl methyl sites for hydroxylation is 1. The fourth-order valence-corrected chi connectivity index (χ4v) is 5.13. The largest absolute Gasteiger partial charge is 0.477 e. The third-order valence-corrected chi connectivity index (χ3v) is 6.98. The highest BCUT2D eigenvalue weighted by Gasteiger charge is 2.12. The van der Waals surface area contributed by atoms with Crippen LogP contribution >= 0.6 is 23.1 Å². The van der Waals surface area contributed by atoms with E-state index in [1.54, 1.807) is 6.07 Å². The van der Waals surface area contributed by atoms with Crippen LogP contribution in [0.5, 0.6) is 0 Å². The van der Waals surface area contributed by atoms with Crippen LogP contribution in [0.1, 0.15) is 66.4 Å². The molecule has 1 aromatic carbocycles. The highest BCUT2D eigenvalue weighted by molar-refractivity contribution is 8.00. The molecule has 1 unspecified atom stereocenters. The van der Waals surface area contributed by atoms with Gasteiger partial charge in [0, 0.05) is 20.7 Å². The molecule has 3 N–H and O–H groups in total. The number of rotatable bonds is 12. The Morgan fingerprint density at radius 2 is 1.85 bits per heavy atom. The molecule has 0 saturated heterocycles. The van der Waals surface area contributed by atoms with Crippen LogP contribution in [0.25, 0.3) is 0 Å². The van der Waals surface area contributed by atoms with Crippen LogP contribution in [-0.4, -0.2) is 16.3 Å². The molecule has 1 aromatic heterocycles. The number of hydrogen-bond acceptors (Lipinski definition) is 4. The summed E-state index contributed by atoms with van der Waals surface area (Å²) in [5.41, 5.74) is 6.99. The number of anilines is 1. The van der Waals surface area contributed by atoms with Crippen molar-refractivity contribution in [3.05, 3.63) is 46.2 Å². The van der Waals surface area contributed by atoms with Crippen LogP contribution in [0, 0.1) is 0 Å². The first-order valence-electron chi connectivity index (χ1n) is 9.43. The Balaban J connectivity index is 1.81. The monoisotopic (exact) mass is 391 g/mol. The van der Waals surface area contributed by atoms with Crippen molar-refractivity contribution in [3.63, 3.8) is 0 Å². The normalized spacial score (nSPS) is 12.2. The van der Waals surface area contributed by atoms with Crippen LogP contribution in [0.3, 0.4) is 0 Å². The Morgan fingerprint density at radius 1 is 1.12 bits per heavy atom. The molecule has 5 heteroatoms. The summed E-state index contributed by atoms with van der Waals surface area (Å²) < 4.78 is 0. The molecule has 0 bridgehead atoms. The molecule has 2 rings (SSSR count). The molecule has 0 fully saturated rings. The maximum atomic E-state index is 11.0. The van der Waals surface area contributed by atoms with Gasteiger partial charge < -0.3 is 10.8 Å². The van der Waals surface area contributed by atoms with Crippen LogP contribution in [0.4, 0.5) is 5.69 Å². The minimum Gasteiger partial charge on any atom is -0.477 e. The van der Waals surface area contributed by atoms with Crippen molar-refractivity contribution in [1.29, 1.82) is 0 Å². The first-order valence-corrected chi connectivity index (χ1v) is 11.1. The summed E-state index contributed by atoms with van der Waals surface area (Å²) >= 11 is 3.32. The van der Waals surface area contributed by atoms with E-state index in [4.69, 9.17) is 10.8 Å². The summed E-state index contributed by atoms with van der Waals surface area (Å²) in [5.74, 6) is -0.825. The SMILES string of the molecule is CCCCCC(CCCCc1ccc(C(=O)O)s1)Sc1ccccc1N. The molecule has 0 aliphatic carbocycles. The van der Waals surface area contributed by atoms with Gasteiger partial charge in [0.15, 0.2) is 0 Å². The van der Waals surface area contributed by atoms with Gasteiger partial charge in [0.1, 0.15) is 4.88 Å². The molecule has 0 aliphatic heterocycles. The third-order valence-electron chi connectivity index (χ3n) is 4.41. The number of benzene rings is 1. The number of unbranched alkanes of at least 4 members (excludes halogenated alkanes) is 3. The standard InChI is InChI=1S/C21H29NO2S2/c1-2-3-4-9-16(25-19-13-8-7-12-18(19)22)10-5-6-11-17-14-15-20(26-17)21(23)24/h7-8,12-16H,2-6,9-11,22H2,1H3,(H,23,24). The van der Waals surface area contributed by atoms with E-state index in [-0.39, 0.29) is 0 Å². The second kappa shape index (κ2) is 11.3. The Labute approximate surface area is 165 Å². The molecule has 2 aromatic rings. The summed E-state index contributed by atoms with van der Waals surface area (Å²) in [6, 6.07) is 11.8. The molecule has 0 spiro atoms. The molecule has 3 nitrogen and oxygen atoms in total. The van der Waals surface area contributed by atoms with Crippen molar-refractivity contribution in [1.82, 2.24) is 0 Å². The number of para-hydroxylation sites is 1. The van der Waals surface area contributed by atoms with Gasteiger partial charge in [-0.2, -0.15) is 0 Å². The lowest BCUT2D eigenvalue weighted by Gasteiger charge is -2.17. The van der Waals surface area contributed by atoms with E-state index in [1.165, 1.54) is 53.2 Å². The van der Waals surface area contributed by atoms with Crippen molar-refractivity contribution >= 4 is 34.8 Å². The topological polar surface area (TPSA) is 63.3 Å². The lowest BCUT2D eigenvalue weighted by atomic mass is 10.1. The summed E-state index contributed by atoms with van der Waals surface area (Å²) in [7, 11) is 0. The number of aromatic carboxylic acids is 1. The predicted molar refractivity (Wildman–Crippen MR) is 113 cm³/mol. The Morgan fingerprint density at radius 3 is 2.50 bits per heavy atom. The van der Waals surface area contributed by atoms with E-state index in [9.17, 15) is 4.79 Å². The van der Waals surface area contributed by atoms with Crippen LogP contribution in [0.15, 0.2) is 41.3 Å². The number of carboxylic acid groups (broad SMARTS) is 1. The molecular weight excluding hydrogens is 362 g/mol. The van der Waals surface area contributed by atoms with Crippen molar-refractivity contribution < 1.29 is 9.90 Å². The van der Waals surface area contributed by atoms with E-state index in [1.807, 2.05) is 30.0 Å². The number of thiophene rings is 1. The Hall–Kier alpha value is -1.46. The highest BCUT2D eigenvalue weighted by atomic mass is 32.2. The van der Waals surface area contributed by atoms with Gasteiger partial charge in [0.2, 0.25) is 0 Å². The van der Waals surface area contributed by atoms with Gasteiger partial charge >= 0.3 is 5.97 Å². The maximum Gasteiger partial charge on any atom is 0.345 e. The average Bonchev–Trinajstić information content (AvgIpc) is 3.10. The maximum absolute atomic E-state index is 11.0. The number of carboxylic acids is 1. The molecule has 0 aliphatic rings. The highest BCUT2D eigenvalue weighted by Crippen LogP contribution is 2.34. The zero-order chi connectivity index (χ0) is 18.8. The number of nitrogen functional groups attached to an aromatic ring is 1. The molecule has 1 atom stereocenters. The molecule has 26 heavy (non-hydrogen) atoms. The molecule has 0 radical (unpaired) electrons. The number of nitrogens with two attached hydrogens (primary N) is 1. The first-order chi connectivity index (χ1) is 12.6. The lowest BCUT2D eigenvalue weighted by molar-refractivity contribution is 0.0702. The number of thioether (sulfide) groups is 1. The van der Waals surface area contributed by atoms with E-state index >= 15 is 0 Å². The molecule has 142 valence electrons. The quantitative estimate of drug-likeness (QED) is 0.247. The fraction of sp³-hybridized carbons (Fsp3) is 0.476. The van der Waals surface area contributed by atoms with E-state index < -0.39 is 5.97 Å². The number of hydrogen-bond donors (Lipinski definition) is 2. The van der Waals surface area contributed by atoms with Crippen LogP contribution in [0.2, 0.25) is 0 Å². The van der Waals surface area contributed by atoms with Crippen molar-refractivity contribution in [2.75, 3.05) is 5.73 Å². The fourth-order valence-electron chi connectivity index (χ4n) is 2.95. The van der Waals surface area contributed by atoms with Crippen LogP contribution < -0.4 is 5.73 Å². The van der Waals surface area contributed by atoms with Crippen LogP contribution in [-0.2, 0) is 6.42 Å². The molecule has 0 amide bonds. The first kappa shape index (κ1) is 20.8. The predicted octanol–water partition coefficient (Wildman–Crippen LogP) is 6.48. The van der Waals surface area contributed by atoms with E-state index in [0.717, 1.165) is 24.9 Å². The second-order valence-corrected chi connectivity index (χ2v) is 9.10.